The van der Waals surface area contributed by atoms with Gasteiger partial charge in [0.1, 0.15) is 11.3 Å². The lowest BCUT2D eigenvalue weighted by atomic mass is 10.0. The van der Waals surface area contributed by atoms with E-state index >= 15 is 0 Å². The minimum absolute atomic E-state index is 0.0217. The number of piperidine rings is 1. The first-order valence-corrected chi connectivity index (χ1v) is 8.69. The van der Waals surface area contributed by atoms with E-state index in [0.717, 1.165) is 54.6 Å². The van der Waals surface area contributed by atoms with E-state index in [-0.39, 0.29) is 11.9 Å². The molecule has 3 rings (SSSR count). The summed E-state index contributed by atoms with van der Waals surface area (Å²) in [5.74, 6) is 0.996. The van der Waals surface area contributed by atoms with Gasteiger partial charge in [-0.3, -0.25) is 9.69 Å². The molecule has 1 aromatic carbocycles. The van der Waals surface area contributed by atoms with Crippen molar-refractivity contribution < 1.29 is 9.21 Å². The van der Waals surface area contributed by atoms with Crippen LogP contribution in [0.25, 0.3) is 11.0 Å². The highest BCUT2D eigenvalue weighted by Gasteiger charge is 2.28. The molecule has 4 heteroatoms. The highest BCUT2D eigenvalue weighted by Crippen LogP contribution is 2.25. The van der Waals surface area contributed by atoms with Gasteiger partial charge in [0.15, 0.2) is 0 Å². The molecule has 1 aliphatic heterocycles. The molecule has 1 unspecified atom stereocenters. The molecular weight excluding hydrogens is 288 g/mol. The van der Waals surface area contributed by atoms with Gasteiger partial charge in [-0.25, -0.2) is 0 Å². The zero-order chi connectivity index (χ0) is 16.2. The Balaban J connectivity index is 1.66. The number of carbonyl (C=O) groups excluding carboxylic acids is 1. The normalized spacial score (nSPS) is 19.1. The molecular formula is C19H26N2O2. The summed E-state index contributed by atoms with van der Waals surface area (Å²) in [6, 6.07) is 8.03. The fourth-order valence-corrected chi connectivity index (χ4v) is 3.52. The van der Waals surface area contributed by atoms with Crippen molar-refractivity contribution in [2.45, 2.75) is 52.1 Å². The number of carbonyl (C=O) groups is 1. The average molecular weight is 314 g/mol. The Labute approximate surface area is 137 Å². The maximum Gasteiger partial charge on any atom is 0.237 e. The number of hydrogen-bond acceptors (Lipinski definition) is 3. The van der Waals surface area contributed by atoms with E-state index in [4.69, 9.17) is 4.42 Å². The molecule has 0 bridgehead atoms. The largest absolute Gasteiger partial charge is 0.459 e. The fraction of sp³-hybridized carbons (Fsp3) is 0.526. The average Bonchev–Trinajstić information content (AvgIpc) is 2.90. The van der Waals surface area contributed by atoms with Crippen molar-refractivity contribution in [1.82, 2.24) is 10.2 Å². The predicted octanol–water partition coefficient (Wildman–Crippen LogP) is 3.62. The Hall–Kier alpha value is -1.81. The Morgan fingerprint density at radius 1 is 1.35 bits per heavy atom. The SMILES string of the molecule is CCCN1CCCCC1C(=O)NCc1oc2ccccc2c1C. The third-order valence-corrected chi connectivity index (χ3v) is 4.79. The van der Waals surface area contributed by atoms with Gasteiger partial charge in [0, 0.05) is 10.9 Å². The van der Waals surface area contributed by atoms with Crippen molar-refractivity contribution in [2.24, 2.45) is 0 Å². The van der Waals surface area contributed by atoms with Crippen LogP contribution in [0.4, 0.5) is 0 Å². The Morgan fingerprint density at radius 2 is 2.17 bits per heavy atom. The van der Waals surface area contributed by atoms with Gasteiger partial charge in [0.2, 0.25) is 5.91 Å². The van der Waals surface area contributed by atoms with E-state index < -0.39 is 0 Å². The van der Waals surface area contributed by atoms with E-state index in [9.17, 15) is 4.79 Å². The number of amides is 1. The monoisotopic (exact) mass is 314 g/mol. The standard InChI is InChI=1S/C19H26N2O2/c1-3-11-21-12-7-6-9-16(21)19(22)20-13-18-14(2)15-8-4-5-10-17(15)23-18/h4-5,8,10,16H,3,6-7,9,11-13H2,1-2H3,(H,20,22). The molecule has 1 fully saturated rings. The molecule has 1 aromatic heterocycles. The molecule has 0 aliphatic carbocycles. The zero-order valence-corrected chi connectivity index (χ0v) is 14.1. The van der Waals surface area contributed by atoms with E-state index in [0.29, 0.717) is 6.54 Å². The molecule has 1 N–H and O–H groups in total. The lowest BCUT2D eigenvalue weighted by Gasteiger charge is -2.34. The van der Waals surface area contributed by atoms with Gasteiger partial charge in [-0.2, -0.15) is 0 Å². The van der Waals surface area contributed by atoms with Crippen molar-refractivity contribution in [3.8, 4) is 0 Å². The Kier molecular flexibility index (Phi) is 5.01. The van der Waals surface area contributed by atoms with Gasteiger partial charge in [-0.15, -0.1) is 0 Å². The van der Waals surface area contributed by atoms with Crippen LogP contribution in [-0.4, -0.2) is 29.9 Å². The predicted molar refractivity (Wildman–Crippen MR) is 92.3 cm³/mol. The van der Waals surface area contributed by atoms with Crippen LogP contribution in [0.2, 0.25) is 0 Å². The van der Waals surface area contributed by atoms with E-state index in [2.05, 4.69) is 30.1 Å². The highest BCUT2D eigenvalue weighted by atomic mass is 16.3. The summed E-state index contributed by atoms with van der Waals surface area (Å²) in [7, 11) is 0. The summed E-state index contributed by atoms with van der Waals surface area (Å²) in [5.41, 5.74) is 2.01. The number of furan rings is 1. The Morgan fingerprint density at radius 3 is 2.96 bits per heavy atom. The molecule has 1 amide bonds. The number of nitrogens with zero attached hydrogens (tertiary/aromatic N) is 1. The van der Waals surface area contributed by atoms with Gasteiger partial charge in [-0.1, -0.05) is 31.5 Å². The summed E-state index contributed by atoms with van der Waals surface area (Å²) in [6.45, 7) is 6.73. The van der Waals surface area contributed by atoms with E-state index in [1.54, 1.807) is 0 Å². The highest BCUT2D eigenvalue weighted by molar-refractivity contribution is 5.83. The number of nitrogens with one attached hydrogen (secondary N) is 1. The maximum atomic E-state index is 12.6. The summed E-state index contributed by atoms with van der Waals surface area (Å²) in [5, 5.41) is 4.21. The fourth-order valence-electron chi connectivity index (χ4n) is 3.52. The van der Waals surface area contributed by atoms with Gasteiger partial charge in [0.05, 0.1) is 12.6 Å². The number of hydrogen-bond donors (Lipinski definition) is 1. The molecule has 2 aromatic rings. The van der Waals surface area contributed by atoms with Crippen LogP contribution in [0.3, 0.4) is 0 Å². The maximum absolute atomic E-state index is 12.6. The lowest BCUT2D eigenvalue weighted by molar-refractivity contribution is -0.127. The molecule has 0 spiro atoms. The number of benzene rings is 1. The summed E-state index contributed by atoms with van der Waals surface area (Å²) < 4.78 is 5.88. The molecule has 0 saturated carbocycles. The van der Waals surface area contributed by atoms with Crippen molar-refractivity contribution in [3.05, 3.63) is 35.6 Å². The van der Waals surface area contributed by atoms with Crippen LogP contribution in [0, 0.1) is 6.92 Å². The van der Waals surface area contributed by atoms with Crippen LogP contribution >= 0.6 is 0 Å². The van der Waals surface area contributed by atoms with Crippen LogP contribution < -0.4 is 5.32 Å². The van der Waals surface area contributed by atoms with E-state index in [1.807, 2.05) is 18.2 Å². The van der Waals surface area contributed by atoms with Gasteiger partial charge < -0.3 is 9.73 Å². The number of para-hydroxylation sites is 1. The molecule has 0 radical (unpaired) electrons. The van der Waals surface area contributed by atoms with Crippen LogP contribution in [0.5, 0.6) is 0 Å². The zero-order valence-electron chi connectivity index (χ0n) is 14.1. The molecule has 2 heterocycles. The summed E-state index contributed by atoms with van der Waals surface area (Å²) in [4.78, 5) is 14.9. The number of rotatable bonds is 5. The minimum atomic E-state index is 0.0217. The van der Waals surface area contributed by atoms with Crippen LogP contribution in [-0.2, 0) is 11.3 Å². The molecule has 1 saturated heterocycles. The van der Waals surface area contributed by atoms with Crippen molar-refractivity contribution in [3.63, 3.8) is 0 Å². The summed E-state index contributed by atoms with van der Waals surface area (Å²) >= 11 is 0. The van der Waals surface area contributed by atoms with Crippen molar-refractivity contribution >= 4 is 16.9 Å². The minimum Gasteiger partial charge on any atom is -0.459 e. The lowest BCUT2D eigenvalue weighted by Crippen LogP contribution is -2.49. The number of likely N-dealkylation sites (tertiary alicyclic amines) is 1. The first kappa shape index (κ1) is 16.1. The molecule has 1 aliphatic rings. The first-order valence-electron chi connectivity index (χ1n) is 8.69. The number of fused-ring (bicyclic) bond motifs is 1. The first-order chi connectivity index (χ1) is 11.2. The number of aryl methyl sites for hydroxylation is 1. The second-order valence-electron chi connectivity index (χ2n) is 6.41. The van der Waals surface area contributed by atoms with Crippen molar-refractivity contribution in [1.29, 1.82) is 0 Å². The third kappa shape index (κ3) is 3.42. The molecule has 1 atom stereocenters. The third-order valence-electron chi connectivity index (χ3n) is 4.79. The topological polar surface area (TPSA) is 45.5 Å². The van der Waals surface area contributed by atoms with Gasteiger partial charge in [0.25, 0.3) is 0 Å². The quantitative estimate of drug-likeness (QED) is 0.917. The molecule has 4 nitrogen and oxygen atoms in total. The van der Waals surface area contributed by atoms with Gasteiger partial charge in [-0.05, 0) is 45.3 Å². The van der Waals surface area contributed by atoms with E-state index in [1.165, 1.54) is 6.42 Å². The summed E-state index contributed by atoms with van der Waals surface area (Å²) in [6.07, 6.45) is 4.39. The Bertz CT molecular complexity index is 675. The van der Waals surface area contributed by atoms with Gasteiger partial charge >= 0.3 is 0 Å². The smallest absolute Gasteiger partial charge is 0.237 e. The van der Waals surface area contributed by atoms with Crippen molar-refractivity contribution in [2.75, 3.05) is 13.1 Å². The van der Waals surface area contributed by atoms with Crippen LogP contribution in [0.15, 0.2) is 28.7 Å². The van der Waals surface area contributed by atoms with Crippen LogP contribution in [0.1, 0.15) is 43.9 Å². The second-order valence-corrected chi connectivity index (χ2v) is 6.41. The molecule has 124 valence electrons. The molecule has 23 heavy (non-hydrogen) atoms. The second kappa shape index (κ2) is 7.18.